The molecule has 98 valence electrons. The summed E-state index contributed by atoms with van der Waals surface area (Å²) in [7, 11) is 0. The second kappa shape index (κ2) is 5.84. The molecule has 2 aromatic rings. The van der Waals surface area contributed by atoms with Gasteiger partial charge in [-0.1, -0.05) is 12.1 Å². The van der Waals surface area contributed by atoms with Crippen LogP contribution in [0.4, 0.5) is 11.4 Å². The molecule has 1 aromatic heterocycles. The Labute approximate surface area is 120 Å². The van der Waals surface area contributed by atoms with E-state index < -0.39 is 0 Å². The highest BCUT2D eigenvalue weighted by molar-refractivity contribution is 9.10. The minimum Gasteiger partial charge on any atom is -0.399 e. The van der Waals surface area contributed by atoms with Crippen LogP contribution in [0.1, 0.15) is 18.4 Å². The summed E-state index contributed by atoms with van der Waals surface area (Å²) in [5, 5.41) is 2.84. The van der Waals surface area contributed by atoms with E-state index in [0.717, 1.165) is 5.56 Å². The van der Waals surface area contributed by atoms with Crippen LogP contribution in [0.2, 0.25) is 0 Å². The smallest absolute Gasteiger partial charge is 0.231 e. The minimum absolute atomic E-state index is 0.0979. The molecule has 0 aliphatic carbocycles. The van der Waals surface area contributed by atoms with Crippen molar-refractivity contribution in [3.8, 4) is 0 Å². The third-order valence-corrected chi connectivity index (χ3v) is 3.45. The molecule has 4 nitrogen and oxygen atoms in total. The van der Waals surface area contributed by atoms with E-state index in [4.69, 9.17) is 5.73 Å². The number of aromatic nitrogens is 1. The highest BCUT2D eigenvalue weighted by Gasteiger charge is 2.16. The van der Waals surface area contributed by atoms with Gasteiger partial charge in [0.25, 0.3) is 0 Å². The SMILES string of the molecule is CC(C(=O)Nc1cccnc1Br)c1cccc(N)c1. The molecule has 0 bridgehead atoms. The molecule has 1 unspecified atom stereocenters. The van der Waals surface area contributed by atoms with Crippen LogP contribution in [-0.2, 0) is 4.79 Å². The average molecular weight is 320 g/mol. The maximum absolute atomic E-state index is 12.2. The lowest BCUT2D eigenvalue weighted by atomic mass is 10.00. The van der Waals surface area contributed by atoms with Crippen LogP contribution in [0.5, 0.6) is 0 Å². The van der Waals surface area contributed by atoms with Crippen LogP contribution in [0.25, 0.3) is 0 Å². The van der Waals surface area contributed by atoms with Crippen molar-refractivity contribution in [3.63, 3.8) is 0 Å². The number of hydrogen-bond donors (Lipinski definition) is 2. The third-order valence-electron chi connectivity index (χ3n) is 2.82. The third kappa shape index (κ3) is 3.32. The summed E-state index contributed by atoms with van der Waals surface area (Å²) in [6.45, 7) is 1.84. The summed E-state index contributed by atoms with van der Waals surface area (Å²) in [6, 6.07) is 10.9. The van der Waals surface area contributed by atoms with E-state index in [2.05, 4.69) is 26.2 Å². The maximum Gasteiger partial charge on any atom is 0.231 e. The molecule has 5 heteroatoms. The van der Waals surface area contributed by atoms with Gasteiger partial charge in [-0.3, -0.25) is 4.79 Å². The number of halogens is 1. The Morgan fingerprint density at radius 2 is 2.16 bits per heavy atom. The van der Waals surface area contributed by atoms with Crippen LogP contribution in [0, 0.1) is 0 Å². The van der Waals surface area contributed by atoms with Crippen molar-refractivity contribution in [2.45, 2.75) is 12.8 Å². The van der Waals surface area contributed by atoms with Crippen molar-refractivity contribution in [2.75, 3.05) is 11.1 Å². The van der Waals surface area contributed by atoms with Crippen molar-refractivity contribution in [1.82, 2.24) is 4.98 Å². The Hall–Kier alpha value is -1.88. The van der Waals surface area contributed by atoms with E-state index in [1.807, 2.05) is 25.1 Å². The molecule has 0 radical (unpaired) electrons. The standard InChI is InChI=1S/C14H14BrN3O/c1-9(10-4-2-5-11(16)8-10)14(19)18-12-6-3-7-17-13(12)15/h2-9H,16H2,1H3,(H,18,19). The van der Waals surface area contributed by atoms with Gasteiger partial charge >= 0.3 is 0 Å². The lowest BCUT2D eigenvalue weighted by Gasteiger charge is -2.13. The second-order valence-corrected chi connectivity index (χ2v) is 4.97. The van der Waals surface area contributed by atoms with E-state index >= 15 is 0 Å². The molecule has 0 aliphatic rings. The van der Waals surface area contributed by atoms with E-state index in [-0.39, 0.29) is 11.8 Å². The minimum atomic E-state index is -0.282. The molecule has 1 atom stereocenters. The number of pyridine rings is 1. The highest BCUT2D eigenvalue weighted by Crippen LogP contribution is 2.23. The number of carbonyl (C=O) groups excluding carboxylic acids is 1. The molecule has 0 saturated heterocycles. The number of rotatable bonds is 3. The molecule has 2 rings (SSSR count). The van der Waals surface area contributed by atoms with Gasteiger partial charge in [0, 0.05) is 11.9 Å². The number of amides is 1. The summed E-state index contributed by atoms with van der Waals surface area (Å²) in [6.07, 6.45) is 1.65. The molecule has 0 saturated carbocycles. The highest BCUT2D eigenvalue weighted by atomic mass is 79.9. The Balaban J connectivity index is 2.14. The number of nitrogens with zero attached hydrogens (tertiary/aromatic N) is 1. The first-order valence-corrected chi connectivity index (χ1v) is 6.64. The van der Waals surface area contributed by atoms with Gasteiger partial charge in [0.15, 0.2) is 0 Å². The molecular formula is C14H14BrN3O. The Morgan fingerprint density at radius 1 is 1.37 bits per heavy atom. The largest absolute Gasteiger partial charge is 0.399 e. The molecule has 0 aliphatic heterocycles. The Kier molecular flexibility index (Phi) is 4.16. The number of benzene rings is 1. The number of hydrogen-bond acceptors (Lipinski definition) is 3. The van der Waals surface area contributed by atoms with Gasteiger partial charge in [-0.25, -0.2) is 4.98 Å². The molecule has 1 amide bonds. The van der Waals surface area contributed by atoms with Crippen LogP contribution in [-0.4, -0.2) is 10.9 Å². The molecule has 3 N–H and O–H groups in total. The first-order chi connectivity index (χ1) is 9.08. The topological polar surface area (TPSA) is 68.0 Å². The molecule has 1 heterocycles. The van der Waals surface area contributed by atoms with Crippen molar-refractivity contribution < 1.29 is 4.79 Å². The zero-order valence-corrected chi connectivity index (χ0v) is 12.0. The first kappa shape index (κ1) is 13.5. The summed E-state index contributed by atoms with van der Waals surface area (Å²) < 4.78 is 0.614. The van der Waals surface area contributed by atoms with Crippen LogP contribution in [0.3, 0.4) is 0 Å². The fourth-order valence-electron chi connectivity index (χ4n) is 1.70. The molecule has 1 aromatic carbocycles. The summed E-state index contributed by atoms with van der Waals surface area (Å²) in [5.41, 5.74) is 7.92. The normalized spacial score (nSPS) is 11.9. The lowest BCUT2D eigenvalue weighted by molar-refractivity contribution is -0.117. The van der Waals surface area contributed by atoms with E-state index in [9.17, 15) is 4.79 Å². The van der Waals surface area contributed by atoms with Gasteiger partial charge < -0.3 is 11.1 Å². The van der Waals surface area contributed by atoms with Gasteiger partial charge in [0.1, 0.15) is 4.60 Å². The predicted octanol–water partition coefficient (Wildman–Crippen LogP) is 3.17. The van der Waals surface area contributed by atoms with Gasteiger partial charge in [-0.2, -0.15) is 0 Å². The molecule has 0 fully saturated rings. The monoisotopic (exact) mass is 319 g/mol. The van der Waals surface area contributed by atoms with E-state index in [1.54, 1.807) is 24.4 Å². The van der Waals surface area contributed by atoms with Crippen LogP contribution >= 0.6 is 15.9 Å². The number of carbonyl (C=O) groups is 1. The first-order valence-electron chi connectivity index (χ1n) is 5.84. The van der Waals surface area contributed by atoms with Gasteiger partial charge in [0.05, 0.1) is 11.6 Å². The van der Waals surface area contributed by atoms with Gasteiger partial charge in [0.2, 0.25) is 5.91 Å². The zero-order valence-electron chi connectivity index (χ0n) is 10.4. The number of anilines is 2. The summed E-state index contributed by atoms with van der Waals surface area (Å²) in [5.74, 6) is -0.380. The second-order valence-electron chi connectivity index (χ2n) is 4.22. The van der Waals surface area contributed by atoms with Crippen LogP contribution in [0.15, 0.2) is 47.2 Å². The van der Waals surface area contributed by atoms with Crippen molar-refractivity contribution in [3.05, 3.63) is 52.8 Å². The van der Waals surface area contributed by atoms with Crippen molar-refractivity contribution in [1.29, 1.82) is 0 Å². The zero-order chi connectivity index (χ0) is 13.8. The average Bonchev–Trinajstić information content (AvgIpc) is 2.40. The predicted molar refractivity (Wildman–Crippen MR) is 79.8 cm³/mol. The Bertz CT molecular complexity index is 601. The summed E-state index contributed by atoms with van der Waals surface area (Å²) >= 11 is 3.30. The molecule has 19 heavy (non-hydrogen) atoms. The van der Waals surface area contributed by atoms with Gasteiger partial charge in [-0.05, 0) is 52.7 Å². The molecule has 0 spiro atoms. The quantitative estimate of drug-likeness (QED) is 0.674. The summed E-state index contributed by atoms with van der Waals surface area (Å²) in [4.78, 5) is 16.2. The fourth-order valence-corrected chi connectivity index (χ4v) is 2.05. The van der Waals surface area contributed by atoms with Crippen molar-refractivity contribution >= 4 is 33.2 Å². The van der Waals surface area contributed by atoms with E-state index in [0.29, 0.717) is 16.0 Å². The van der Waals surface area contributed by atoms with Crippen LogP contribution < -0.4 is 11.1 Å². The van der Waals surface area contributed by atoms with E-state index in [1.165, 1.54) is 0 Å². The molecular weight excluding hydrogens is 306 g/mol. The lowest BCUT2D eigenvalue weighted by Crippen LogP contribution is -2.19. The fraction of sp³-hybridized carbons (Fsp3) is 0.143. The number of nitrogen functional groups attached to an aromatic ring is 1. The maximum atomic E-state index is 12.2. The number of nitrogens with two attached hydrogens (primary N) is 1. The van der Waals surface area contributed by atoms with Crippen molar-refractivity contribution in [2.24, 2.45) is 0 Å². The number of nitrogens with one attached hydrogen (secondary N) is 1. The Morgan fingerprint density at radius 3 is 2.84 bits per heavy atom. The van der Waals surface area contributed by atoms with Gasteiger partial charge in [-0.15, -0.1) is 0 Å².